The first-order valence-corrected chi connectivity index (χ1v) is 9.44. The van der Waals surface area contributed by atoms with Gasteiger partial charge >= 0.3 is 5.97 Å². The Hall–Kier alpha value is -2.87. The average Bonchev–Trinajstić information content (AvgIpc) is 3.18. The van der Waals surface area contributed by atoms with E-state index in [1.165, 1.54) is 23.2 Å². The molecule has 0 spiro atoms. The number of anilines is 1. The minimum Gasteiger partial charge on any atom is -0.482 e. The number of nitrogens with zero attached hydrogens (tertiary/aromatic N) is 1. The summed E-state index contributed by atoms with van der Waals surface area (Å²) in [5.41, 5.74) is 0.628. The number of nitrogens with one attached hydrogen (secondary N) is 1. The predicted molar refractivity (Wildman–Crippen MR) is 101 cm³/mol. The Morgan fingerprint density at radius 3 is 2.89 bits per heavy atom. The lowest BCUT2D eigenvalue weighted by Crippen LogP contribution is -2.41. The second-order valence-corrected chi connectivity index (χ2v) is 7.01. The largest absolute Gasteiger partial charge is 0.482 e. The number of ether oxygens (including phenoxy) is 2. The minimum atomic E-state index is -0.898. The molecule has 0 bridgehead atoms. The van der Waals surface area contributed by atoms with E-state index in [2.05, 4.69) is 5.32 Å². The topological polar surface area (TPSA) is 84.9 Å². The van der Waals surface area contributed by atoms with Gasteiger partial charge in [0.05, 0.1) is 18.7 Å². The van der Waals surface area contributed by atoms with Crippen molar-refractivity contribution in [3.63, 3.8) is 0 Å². The molecular weight excluding hydrogens is 368 g/mol. The van der Waals surface area contributed by atoms with E-state index < -0.39 is 12.1 Å². The first-order chi connectivity index (χ1) is 13.0. The zero-order valence-electron chi connectivity index (χ0n) is 14.8. The van der Waals surface area contributed by atoms with Crippen molar-refractivity contribution in [1.82, 2.24) is 5.32 Å². The zero-order chi connectivity index (χ0) is 19.2. The molecule has 3 rings (SSSR count). The smallest absolute Gasteiger partial charge is 0.308 e. The van der Waals surface area contributed by atoms with Gasteiger partial charge in [-0.25, -0.2) is 0 Å². The zero-order valence-corrected chi connectivity index (χ0v) is 15.7. The van der Waals surface area contributed by atoms with Crippen LogP contribution >= 0.6 is 11.3 Å². The summed E-state index contributed by atoms with van der Waals surface area (Å²) in [5, 5.41) is 4.66. The van der Waals surface area contributed by atoms with Gasteiger partial charge in [-0.05, 0) is 30.5 Å². The van der Waals surface area contributed by atoms with E-state index in [0.29, 0.717) is 18.0 Å². The van der Waals surface area contributed by atoms with Crippen molar-refractivity contribution in [3.8, 4) is 5.75 Å². The summed E-state index contributed by atoms with van der Waals surface area (Å²) in [4.78, 5) is 38.7. The second kappa shape index (κ2) is 8.68. The third-order valence-corrected chi connectivity index (χ3v) is 4.92. The number of thiophene rings is 1. The summed E-state index contributed by atoms with van der Waals surface area (Å²) in [6, 6.07) is 11.0. The number of para-hydroxylation sites is 2. The second-order valence-electron chi connectivity index (χ2n) is 5.98. The van der Waals surface area contributed by atoms with E-state index in [1.807, 2.05) is 23.6 Å². The monoisotopic (exact) mass is 388 g/mol. The molecule has 1 N–H and O–H groups in total. The number of carbonyl (C=O) groups excluding carboxylic acids is 3. The van der Waals surface area contributed by atoms with Crippen LogP contribution in [0.3, 0.4) is 0 Å². The fourth-order valence-electron chi connectivity index (χ4n) is 2.64. The standard InChI is InChI=1S/C19H20N2O5S/c1-13(19(24)20-11-14-5-4-10-27-14)26-18(23)8-9-21-15-6-2-3-7-16(15)25-12-17(21)22/h2-7,10,13H,8-9,11-12H2,1H3,(H,20,24)/t13-/m1/s1. The van der Waals surface area contributed by atoms with Crippen molar-refractivity contribution in [2.24, 2.45) is 0 Å². The number of rotatable bonds is 7. The summed E-state index contributed by atoms with van der Waals surface area (Å²) in [6.07, 6.45) is -0.909. The Bertz CT molecular complexity index is 821. The first-order valence-electron chi connectivity index (χ1n) is 8.56. The van der Waals surface area contributed by atoms with Crippen LogP contribution < -0.4 is 15.0 Å². The molecule has 2 amide bonds. The Morgan fingerprint density at radius 1 is 1.30 bits per heavy atom. The molecule has 1 aromatic carbocycles. The van der Waals surface area contributed by atoms with Gasteiger partial charge in [-0.15, -0.1) is 11.3 Å². The van der Waals surface area contributed by atoms with Gasteiger partial charge in [0, 0.05) is 11.4 Å². The lowest BCUT2D eigenvalue weighted by molar-refractivity contribution is -0.154. The molecule has 8 heteroatoms. The molecule has 2 heterocycles. The third kappa shape index (κ3) is 4.85. The van der Waals surface area contributed by atoms with Crippen molar-refractivity contribution < 1.29 is 23.9 Å². The average molecular weight is 388 g/mol. The Kier molecular flexibility index (Phi) is 6.08. The fourth-order valence-corrected chi connectivity index (χ4v) is 3.29. The quantitative estimate of drug-likeness (QED) is 0.735. The SMILES string of the molecule is C[C@@H](OC(=O)CCN1C(=O)COc2ccccc21)C(=O)NCc1cccs1. The van der Waals surface area contributed by atoms with Crippen molar-refractivity contribution in [2.75, 3.05) is 18.1 Å². The number of fused-ring (bicyclic) bond motifs is 1. The number of carbonyl (C=O) groups is 3. The molecule has 142 valence electrons. The van der Waals surface area contributed by atoms with Gasteiger partial charge in [0.1, 0.15) is 5.75 Å². The highest BCUT2D eigenvalue weighted by molar-refractivity contribution is 7.09. The maximum Gasteiger partial charge on any atom is 0.308 e. The fraction of sp³-hybridized carbons (Fsp3) is 0.316. The molecular formula is C19H20N2O5S. The van der Waals surface area contributed by atoms with E-state index in [4.69, 9.17) is 9.47 Å². The van der Waals surface area contributed by atoms with E-state index >= 15 is 0 Å². The van der Waals surface area contributed by atoms with Crippen LogP contribution in [0.2, 0.25) is 0 Å². The molecule has 7 nitrogen and oxygen atoms in total. The maximum atomic E-state index is 12.1. The Balaban J connectivity index is 1.48. The van der Waals surface area contributed by atoms with Crippen molar-refractivity contribution in [1.29, 1.82) is 0 Å². The van der Waals surface area contributed by atoms with Gasteiger partial charge < -0.3 is 19.7 Å². The van der Waals surface area contributed by atoms with Crippen LogP contribution in [0.5, 0.6) is 5.75 Å². The van der Waals surface area contributed by atoms with Gasteiger partial charge in [-0.2, -0.15) is 0 Å². The Labute approximate surface area is 160 Å². The van der Waals surface area contributed by atoms with Crippen LogP contribution in [0, 0.1) is 0 Å². The lowest BCUT2D eigenvalue weighted by Gasteiger charge is -2.29. The number of hydrogen-bond donors (Lipinski definition) is 1. The molecule has 1 atom stereocenters. The third-order valence-electron chi connectivity index (χ3n) is 4.04. The van der Waals surface area contributed by atoms with Gasteiger partial charge in [-0.3, -0.25) is 14.4 Å². The van der Waals surface area contributed by atoms with Gasteiger partial charge in [0.2, 0.25) is 0 Å². The molecule has 0 fully saturated rings. The summed E-state index contributed by atoms with van der Waals surface area (Å²) in [7, 11) is 0. The number of hydrogen-bond acceptors (Lipinski definition) is 6. The minimum absolute atomic E-state index is 0.0113. The number of benzene rings is 1. The molecule has 0 saturated carbocycles. The van der Waals surface area contributed by atoms with Gasteiger partial charge in [0.25, 0.3) is 11.8 Å². The van der Waals surface area contributed by atoms with E-state index in [1.54, 1.807) is 18.2 Å². The summed E-state index contributed by atoms with van der Waals surface area (Å²) >= 11 is 1.54. The summed E-state index contributed by atoms with van der Waals surface area (Å²) < 4.78 is 10.5. The molecule has 0 radical (unpaired) electrons. The molecule has 1 aliphatic rings. The molecule has 0 unspecified atom stereocenters. The van der Waals surface area contributed by atoms with E-state index in [-0.39, 0.29) is 31.4 Å². The molecule has 0 aliphatic carbocycles. The van der Waals surface area contributed by atoms with Gasteiger partial charge in [-0.1, -0.05) is 18.2 Å². The van der Waals surface area contributed by atoms with Crippen LogP contribution in [-0.2, 0) is 25.7 Å². The van der Waals surface area contributed by atoms with Crippen LogP contribution in [-0.4, -0.2) is 37.0 Å². The number of amides is 2. The van der Waals surface area contributed by atoms with E-state index in [0.717, 1.165) is 4.88 Å². The van der Waals surface area contributed by atoms with Crippen LogP contribution in [0.15, 0.2) is 41.8 Å². The van der Waals surface area contributed by atoms with Crippen LogP contribution in [0.1, 0.15) is 18.2 Å². The highest BCUT2D eigenvalue weighted by Gasteiger charge is 2.26. The van der Waals surface area contributed by atoms with Gasteiger partial charge in [0.15, 0.2) is 12.7 Å². The van der Waals surface area contributed by atoms with Crippen molar-refractivity contribution in [2.45, 2.75) is 26.0 Å². The first kappa shape index (κ1) is 18.9. The van der Waals surface area contributed by atoms with Crippen molar-refractivity contribution in [3.05, 3.63) is 46.7 Å². The summed E-state index contributed by atoms with van der Waals surface area (Å²) in [6.45, 7) is 2.03. The van der Waals surface area contributed by atoms with Crippen molar-refractivity contribution >= 4 is 34.8 Å². The highest BCUT2D eigenvalue weighted by atomic mass is 32.1. The molecule has 2 aromatic rings. The number of esters is 1. The highest BCUT2D eigenvalue weighted by Crippen LogP contribution is 2.31. The summed E-state index contributed by atoms with van der Waals surface area (Å²) in [5.74, 6) is -0.509. The molecule has 1 aromatic heterocycles. The predicted octanol–water partition coefficient (Wildman–Crippen LogP) is 2.11. The lowest BCUT2D eigenvalue weighted by atomic mass is 10.2. The molecule has 0 saturated heterocycles. The van der Waals surface area contributed by atoms with Crippen LogP contribution in [0.4, 0.5) is 5.69 Å². The van der Waals surface area contributed by atoms with E-state index in [9.17, 15) is 14.4 Å². The van der Waals surface area contributed by atoms with Crippen LogP contribution in [0.25, 0.3) is 0 Å². The maximum absolute atomic E-state index is 12.1. The molecule has 1 aliphatic heterocycles. The molecule has 27 heavy (non-hydrogen) atoms. The normalized spacial score (nSPS) is 14.1. The Morgan fingerprint density at radius 2 is 2.11 bits per heavy atom.